The first-order valence-corrected chi connectivity index (χ1v) is 15.2. The third-order valence-electron chi connectivity index (χ3n) is 9.71. The van der Waals surface area contributed by atoms with Crippen LogP contribution in [0, 0.1) is 5.82 Å². The molecule has 3 unspecified atom stereocenters. The smallest absolute Gasteiger partial charge is 0.319 e. The number of aromatic hydroxyl groups is 1. The molecular weight excluding hydrogens is 560 g/mol. The Bertz CT molecular complexity index is 1710. The molecule has 4 saturated heterocycles. The zero-order chi connectivity index (χ0) is 28.6. The first-order valence-electron chi connectivity index (χ1n) is 14.8. The maximum Gasteiger partial charge on any atom is 0.319 e. The van der Waals surface area contributed by atoms with E-state index in [9.17, 15) is 9.50 Å². The van der Waals surface area contributed by atoms with Crippen molar-refractivity contribution in [3.8, 4) is 22.9 Å². The average Bonchev–Trinajstić information content (AvgIpc) is 3.62. The van der Waals surface area contributed by atoms with Crippen molar-refractivity contribution in [1.82, 2.24) is 20.2 Å². The number of phenols is 1. The maximum atomic E-state index is 16.8. The number of anilines is 1. The van der Waals surface area contributed by atoms with Crippen LogP contribution in [0.5, 0.6) is 11.8 Å². The van der Waals surface area contributed by atoms with Gasteiger partial charge in [0, 0.05) is 49.1 Å². The highest BCUT2D eigenvalue weighted by atomic mass is 35.5. The molecule has 0 radical (unpaired) electrons. The summed E-state index contributed by atoms with van der Waals surface area (Å²) < 4.78 is 37.5. The molecule has 2 bridgehead atoms. The summed E-state index contributed by atoms with van der Waals surface area (Å²) in [5.41, 5.74) is 0.390. The summed E-state index contributed by atoms with van der Waals surface area (Å²) >= 11 is 6.86. The topological polar surface area (TPSA) is 73.8 Å². The molecule has 1 aromatic heterocycles. The Morgan fingerprint density at radius 2 is 1.88 bits per heavy atom. The van der Waals surface area contributed by atoms with Crippen molar-refractivity contribution in [2.24, 2.45) is 0 Å². The summed E-state index contributed by atoms with van der Waals surface area (Å²) in [7, 11) is 0. The number of rotatable bonds is 5. The lowest BCUT2D eigenvalue weighted by Crippen LogP contribution is -2.51. The summed E-state index contributed by atoms with van der Waals surface area (Å²) in [5, 5.41) is 16.4. The molecule has 10 heteroatoms. The number of hydrogen-bond acceptors (Lipinski definition) is 7. The molecule has 0 aliphatic carbocycles. The van der Waals surface area contributed by atoms with Crippen LogP contribution in [0.25, 0.3) is 32.8 Å². The van der Waals surface area contributed by atoms with Crippen molar-refractivity contribution in [3.05, 3.63) is 53.3 Å². The van der Waals surface area contributed by atoms with Crippen LogP contribution in [0.2, 0.25) is 5.02 Å². The van der Waals surface area contributed by atoms with E-state index in [1.165, 1.54) is 6.07 Å². The van der Waals surface area contributed by atoms with Gasteiger partial charge in [0.1, 0.15) is 29.9 Å². The molecule has 218 valence electrons. The fraction of sp³-hybridized carbons (Fsp3) is 0.438. The standard InChI is InChI=1S/C32H32ClF2N5O2/c33-26-12-25-29(28(35)27(26)24-11-22(41)10-18-4-1-2-5-23(18)24)37-31(38-30(25)39-15-20-6-7-21(16-39)36-20)42-17-32-8-3-9-40(32)14-19(34)13-32/h1-2,4-5,10-12,19-21,36,41H,3,6-9,13-17H2/t19?,20?,21?,32-/m1/s1. The van der Waals surface area contributed by atoms with Gasteiger partial charge in [0.2, 0.25) is 0 Å². The van der Waals surface area contributed by atoms with Gasteiger partial charge >= 0.3 is 6.01 Å². The molecule has 7 nitrogen and oxygen atoms in total. The molecule has 0 spiro atoms. The molecule has 8 rings (SSSR count). The lowest BCUT2D eigenvalue weighted by atomic mass is 9.95. The summed E-state index contributed by atoms with van der Waals surface area (Å²) in [5.74, 6) is 0.0216. The number of fused-ring (bicyclic) bond motifs is 5. The number of nitrogens with one attached hydrogen (secondary N) is 1. The quantitative estimate of drug-likeness (QED) is 0.302. The monoisotopic (exact) mass is 591 g/mol. The number of benzene rings is 3. The maximum absolute atomic E-state index is 16.8. The van der Waals surface area contributed by atoms with Crippen molar-refractivity contribution in [3.63, 3.8) is 0 Å². The highest BCUT2D eigenvalue weighted by molar-refractivity contribution is 6.35. The number of nitrogens with zero attached hydrogens (tertiary/aromatic N) is 4. The summed E-state index contributed by atoms with van der Waals surface area (Å²) in [4.78, 5) is 13.8. The SMILES string of the molecule is Oc1cc(-c2c(Cl)cc3c(N4CC5CCC(C4)N5)nc(OC[C@]45CCCN4CC(F)C5)nc3c2F)c2ccccc2c1. The van der Waals surface area contributed by atoms with Gasteiger partial charge in [-0.1, -0.05) is 35.9 Å². The van der Waals surface area contributed by atoms with Crippen LogP contribution >= 0.6 is 11.6 Å². The second kappa shape index (κ2) is 9.89. The van der Waals surface area contributed by atoms with E-state index in [1.54, 1.807) is 12.1 Å². The van der Waals surface area contributed by atoms with Crippen LogP contribution in [-0.4, -0.2) is 76.6 Å². The Balaban J connectivity index is 1.27. The van der Waals surface area contributed by atoms with Crippen molar-refractivity contribution in [2.75, 3.05) is 37.7 Å². The minimum absolute atomic E-state index is 0.0195. The number of phenolic OH excluding ortho intramolecular Hbond substituents is 1. The third kappa shape index (κ3) is 4.28. The van der Waals surface area contributed by atoms with Crippen LogP contribution in [0.15, 0.2) is 42.5 Å². The molecule has 0 saturated carbocycles. The number of piperazine rings is 1. The van der Waals surface area contributed by atoms with Gasteiger partial charge in [-0.15, -0.1) is 0 Å². The summed E-state index contributed by atoms with van der Waals surface area (Å²) in [6.07, 6.45) is 3.57. The molecule has 4 aromatic rings. The lowest BCUT2D eigenvalue weighted by molar-refractivity contribution is 0.107. The number of ether oxygens (including phenoxy) is 1. The number of alkyl halides is 1. The highest BCUT2D eigenvalue weighted by Gasteiger charge is 2.49. The third-order valence-corrected chi connectivity index (χ3v) is 10.0. The lowest BCUT2D eigenvalue weighted by Gasteiger charge is -2.34. The molecule has 5 heterocycles. The van der Waals surface area contributed by atoms with Crippen LogP contribution in [0.1, 0.15) is 32.1 Å². The van der Waals surface area contributed by atoms with Crippen molar-refractivity contribution in [1.29, 1.82) is 0 Å². The number of halogens is 3. The molecular formula is C32H32ClF2N5O2. The van der Waals surface area contributed by atoms with Crippen LogP contribution < -0.4 is 15.0 Å². The molecule has 42 heavy (non-hydrogen) atoms. The van der Waals surface area contributed by atoms with Crippen LogP contribution in [-0.2, 0) is 0 Å². The molecule has 4 fully saturated rings. The van der Waals surface area contributed by atoms with Crippen molar-refractivity contribution < 1.29 is 18.6 Å². The molecule has 0 amide bonds. The minimum Gasteiger partial charge on any atom is -0.508 e. The second-order valence-electron chi connectivity index (χ2n) is 12.4. The Hall–Kier alpha value is -3.27. The highest BCUT2D eigenvalue weighted by Crippen LogP contribution is 2.44. The van der Waals surface area contributed by atoms with E-state index < -0.39 is 12.0 Å². The van der Waals surface area contributed by atoms with Crippen molar-refractivity contribution >= 4 is 39.1 Å². The van der Waals surface area contributed by atoms with Crippen LogP contribution in [0.4, 0.5) is 14.6 Å². The van der Waals surface area contributed by atoms with Gasteiger partial charge < -0.3 is 20.1 Å². The zero-order valence-electron chi connectivity index (χ0n) is 23.1. The molecule has 4 atom stereocenters. The van der Waals surface area contributed by atoms with Gasteiger partial charge in [-0.3, -0.25) is 4.90 Å². The Kier molecular flexibility index (Phi) is 6.21. The average molecular weight is 592 g/mol. The predicted molar refractivity (Wildman–Crippen MR) is 160 cm³/mol. The number of hydrogen-bond donors (Lipinski definition) is 2. The molecule has 4 aliphatic rings. The van der Waals surface area contributed by atoms with E-state index in [0.717, 1.165) is 56.1 Å². The first kappa shape index (κ1) is 26.4. The molecule has 2 N–H and O–H groups in total. The summed E-state index contributed by atoms with van der Waals surface area (Å²) in [6.45, 7) is 3.00. The van der Waals surface area contributed by atoms with E-state index in [1.807, 2.05) is 24.3 Å². The minimum atomic E-state index is -0.877. The Morgan fingerprint density at radius 3 is 2.71 bits per heavy atom. The van der Waals surface area contributed by atoms with E-state index in [-0.39, 0.29) is 40.0 Å². The van der Waals surface area contributed by atoms with Gasteiger partial charge in [0.15, 0.2) is 5.82 Å². The van der Waals surface area contributed by atoms with E-state index in [2.05, 4.69) is 20.1 Å². The fourth-order valence-corrected chi connectivity index (χ4v) is 8.13. The van der Waals surface area contributed by atoms with Crippen molar-refractivity contribution in [2.45, 2.75) is 55.9 Å². The van der Waals surface area contributed by atoms with E-state index in [4.69, 9.17) is 21.3 Å². The second-order valence-corrected chi connectivity index (χ2v) is 12.8. The Labute approximate surface area is 247 Å². The van der Waals surface area contributed by atoms with E-state index >= 15 is 4.39 Å². The zero-order valence-corrected chi connectivity index (χ0v) is 23.9. The first-order chi connectivity index (χ1) is 20.4. The van der Waals surface area contributed by atoms with Gasteiger partial charge in [-0.05, 0) is 66.8 Å². The van der Waals surface area contributed by atoms with Gasteiger partial charge in [-0.25, -0.2) is 8.78 Å². The summed E-state index contributed by atoms with van der Waals surface area (Å²) in [6, 6.07) is 13.2. The Morgan fingerprint density at radius 1 is 1.07 bits per heavy atom. The van der Waals surface area contributed by atoms with Gasteiger partial charge in [-0.2, -0.15) is 9.97 Å². The van der Waals surface area contributed by atoms with Gasteiger partial charge in [0.25, 0.3) is 0 Å². The molecule has 3 aromatic carbocycles. The van der Waals surface area contributed by atoms with E-state index in [0.29, 0.717) is 41.8 Å². The largest absolute Gasteiger partial charge is 0.508 e. The fourth-order valence-electron chi connectivity index (χ4n) is 7.83. The van der Waals surface area contributed by atoms with Gasteiger partial charge in [0.05, 0.1) is 10.6 Å². The molecule has 4 aliphatic heterocycles. The predicted octanol–water partition coefficient (Wildman–Crippen LogP) is 5.84. The number of aromatic nitrogens is 2. The van der Waals surface area contributed by atoms with Crippen LogP contribution in [0.3, 0.4) is 0 Å². The normalized spacial score (nSPS) is 27.3.